The molecule has 1 fully saturated rings. The number of hydrogen-bond acceptors (Lipinski definition) is 6. The van der Waals surface area contributed by atoms with Crippen LogP contribution in [0.5, 0.6) is 17.2 Å². The molecule has 1 amide bonds. The number of rotatable bonds is 8. The van der Waals surface area contributed by atoms with E-state index in [4.69, 9.17) is 18.9 Å². The molecule has 2 atom stereocenters. The molecule has 180 valence electrons. The summed E-state index contributed by atoms with van der Waals surface area (Å²) in [5.41, 5.74) is 0.494. The first kappa shape index (κ1) is 24.7. The maximum Gasteiger partial charge on any atom is 0.410 e. The number of aliphatic hydroxyl groups excluding tert-OH is 1. The molecule has 0 radical (unpaired) electrons. The van der Waals surface area contributed by atoms with Gasteiger partial charge in [0.25, 0.3) is 0 Å². The van der Waals surface area contributed by atoms with Crippen LogP contribution >= 0.6 is 0 Å². The molecule has 0 aromatic heterocycles. The number of benzene rings is 2. The largest absolute Gasteiger partial charge is 0.493 e. The predicted octanol–water partition coefficient (Wildman–Crippen LogP) is 4.63. The topological polar surface area (TPSA) is 77.5 Å². The average Bonchev–Trinajstić information content (AvgIpc) is 2.78. The highest BCUT2D eigenvalue weighted by Crippen LogP contribution is 2.30. The van der Waals surface area contributed by atoms with Gasteiger partial charge < -0.3 is 29.0 Å². The standard InChI is InChI=1S/C26H35NO6/c1-26(2,3)33-25(29)27-15-14-21(22(28)18-27)19-10-12-20(13-11-19)31-16-7-17-32-24-9-6-5-8-23(24)30-4/h5-6,8-13,21-22,28H,7,14-18H2,1-4H3. The Kier molecular flexibility index (Phi) is 8.44. The molecule has 1 heterocycles. The third-order valence-corrected chi connectivity index (χ3v) is 5.43. The molecule has 7 heteroatoms. The number of aliphatic hydroxyl groups is 1. The average molecular weight is 458 g/mol. The monoisotopic (exact) mass is 457 g/mol. The SMILES string of the molecule is COc1ccccc1OCCCOc1ccc(C2CCN(C(=O)OC(C)(C)C)CC2O)cc1. The van der Waals surface area contributed by atoms with Crippen LogP contribution < -0.4 is 14.2 Å². The van der Waals surface area contributed by atoms with Gasteiger partial charge in [0.05, 0.1) is 33.0 Å². The van der Waals surface area contributed by atoms with Crippen LogP contribution in [-0.2, 0) is 4.74 Å². The molecule has 0 spiro atoms. The third-order valence-electron chi connectivity index (χ3n) is 5.43. The summed E-state index contributed by atoms with van der Waals surface area (Å²) in [6.07, 6.45) is 0.409. The summed E-state index contributed by atoms with van der Waals surface area (Å²) in [4.78, 5) is 13.8. The Morgan fingerprint density at radius 3 is 2.33 bits per heavy atom. The third kappa shape index (κ3) is 7.29. The van der Waals surface area contributed by atoms with Crippen molar-refractivity contribution < 1.29 is 28.8 Å². The summed E-state index contributed by atoms with van der Waals surface area (Å²) in [5.74, 6) is 2.19. The van der Waals surface area contributed by atoms with Gasteiger partial charge in [0.15, 0.2) is 11.5 Å². The van der Waals surface area contributed by atoms with E-state index in [1.54, 1.807) is 12.0 Å². The van der Waals surface area contributed by atoms with Crippen LogP contribution in [0, 0.1) is 0 Å². The second-order valence-electron chi connectivity index (χ2n) is 9.16. The lowest BCUT2D eigenvalue weighted by Gasteiger charge is -2.36. The van der Waals surface area contributed by atoms with Gasteiger partial charge in [-0.3, -0.25) is 0 Å². The van der Waals surface area contributed by atoms with Crippen LogP contribution in [0.4, 0.5) is 4.79 Å². The van der Waals surface area contributed by atoms with Crippen molar-refractivity contribution in [1.29, 1.82) is 0 Å². The van der Waals surface area contributed by atoms with Crippen molar-refractivity contribution >= 4 is 6.09 Å². The molecular formula is C26H35NO6. The number of β-amino-alcohol motifs (C(OH)–C–C–N with tert-alkyl or cyclic N) is 1. The molecular weight excluding hydrogens is 422 g/mol. The fraction of sp³-hybridized carbons (Fsp3) is 0.500. The molecule has 1 N–H and O–H groups in total. The first-order chi connectivity index (χ1) is 15.8. The minimum Gasteiger partial charge on any atom is -0.493 e. The second-order valence-corrected chi connectivity index (χ2v) is 9.16. The molecule has 0 saturated carbocycles. The maximum atomic E-state index is 12.3. The normalized spacial score (nSPS) is 18.5. The summed E-state index contributed by atoms with van der Waals surface area (Å²) in [6, 6.07) is 15.4. The molecule has 33 heavy (non-hydrogen) atoms. The zero-order valence-corrected chi connectivity index (χ0v) is 20.0. The molecule has 2 unspecified atom stereocenters. The van der Waals surface area contributed by atoms with Crippen molar-refractivity contribution in [2.45, 2.75) is 51.2 Å². The van der Waals surface area contributed by atoms with E-state index in [-0.39, 0.29) is 18.6 Å². The fourth-order valence-electron chi connectivity index (χ4n) is 3.79. The van der Waals surface area contributed by atoms with E-state index in [1.165, 1.54) is 0 Å². The van der Waals surface area contributed by atoms with Gasteiger partial charge >= 0.3 is 6.09 Å². The van der Waals surface area contributed by atoms with Gasteiger partial charge in [0, 0.05) is 18.9 Å². The van der Waals surface area contributed by atoms with E-state index in [0.29, 0.717) is 31.9 Å². The Balaban J connectivity index is 1.42. The first-order valence-corrected chi connectivity index (χ1v) is 11.4. The lowest BCUT2D eigenvalue weighted by atomic mass is 9.87. The van der Waals surface area contributed by atoms with Gasteiger partial charge in [-0.25, -0.2) is 4.79 Å². The number of carbonyl (C=O) groups is 1. The lowest BCUT2D eigenvalue weighted by Crippen LogP contribution is -2.47. The molecule has 2 aromatic rings. The summed E-state index contributed by atoms with van der Waals surface area (Å²) in [6.45, 7) is 7.40. The highest BCUT2D eigenvalue weighted by atomic mass is 16.6. The smallest absolute Gasteiger partial charge is 0.410 e. The molecule has 1 aliphatic heterocycles. The van der Waals surface area contributed by atoms with Crippen LogP contribution in [0.25, 0.3) is 0 Å². The number of likely N-dealkylation sites (tertiary alicyclic amines) is 1. The number of carbonyl (C=O) groups excluding carboxylic acids is 1. The van der Waals surface area contributed by atoms with Crippen molar-refractivity contribution in [2.75, 3.05) is 33.4 Å². The second kappa shape index (κ2) is 11.3. The number of amides is 1. The van der Waals surface area contributed by atoms with Crippen molar-refractivity contribution in [2.24, 2.45) is 0 Å². The van der Waals surface area contributed by atoms with Crippen LogP contribution in [-0.4, -0.2) is 61.2 Å². The molecule has 1 saturated heterocycles. The van der Waals surface area contributed by atoms with Gasteiger partial charge in [0.2, 0.25) is 0 Å². The zero-order valence-electron chi connectivity index (χ0n) is 20.0. The van der Waals surface area contributed by atoms with Gasteiger partial charge in [-0.05, 0) is 57.0 Å². The van der Waals surface area contributed by atoms with E-state index in [1.807, 2.05) is 69.3 Å². The number of nitrogens with zero attached hydrogens (tertiary/aromatic N) is 1. The van der Waals surface area contributed by atoms with E-state index in [9.17, 15) is 9.90 Å². The van der Waals surface area contributed by atoms with Crippen LogP contribution in [0.15, 0.2) is 48.5 Å². The van der Waals surface area contributed by atoms with Gasteiger partial charge in [-0.2, -0.15) is 0 Å². The van der Waals surface area contributed by atoms with Gasteiger partial charge in [-0.1, -0.05) is 24.3 Å². The molecule has 2 aromatic carbocycles. The minimum absolute atomic E-state index is 0.0213. The predicted molar refractivity (Wildman–Crippen MR) is 126 cm³/mol. The summed E-state index contributed by atoms with van der Waals surface area (Å²) in [7, 11) is 1.62. The minimum atomic E-state index is -0.634. The number of para-hydroxylation sites is 2. The Labute approximate surface area is 196 Å². The molecule has 0 bridgehead atoms. The van der Waals surface area contributed by atoms with Gasteiger partial charge in [0.1, 0.15) is 11.4 Å². The quantitative estimate of drug-likeness (QED) is 0.583. The first-order valence-electron chi connectivity index (χ1n) is 11.4. The van der Waals surface area contributed by atoms with Gasteiger partial charge in [-0.15, -0.1) is 0 Å². The van der Waals surface area contributed by atoms with Crippen LogP contribution in [0.3, 0.4) is 0 Å². The number of piperidine rings is 1. The summed E-state index contributed by atoms with van der Waals surface area (Å²) >= 11 is 0. The highest BCUT2D eigenvalue weighted by Gasteiger charge is 2.33. The Hall–Kier alpha value is -2.93. The van der Waals surface area contributed by atoms with E-state index in [0.717, 1.165) is 23.5 Å². The summed E-state index contributed by atoms with van der Waals surface area (Å²) < 4.78 is 22.3. The number of ether oxygens (including phenoxy) is 4. The number of hydrogen-bond donors (Lipinski definition) is 1. The molecule has 3 rings (SSSR count). The fourth-order valence-corrected chi connectivity index (χ4v) is 3.79. The van der Waals surface area contributed by atoms with Crippen molar-refractivity contribution in [3.05, 3.63) is 54.1 Å². The van der Waals surface area contributed by atoms with E-state index < -0.39 is 11.7 Å². The summed E-state index contributed by atoms with van der Waals surface area (Å²) in [5, 5.41) is 10.6. The van der Waals surface area contributed by atoms with Crippen molar-refractivity contribution in [3.63, 3.8) is 0 Å². The number of methoxy groups -OCH3 is 1. The van der Waals surface area contributed by atoms with Crippen molar-refractivity contribution in [1.82, 2.24) is 4.90 Å². The van der Waals surface area contributed by atoms with E-state index >= 15 is 0 Å². The van der Waals surface area contributed by atoms with Crippen LogP contribution in [0.1, 0.15) is 45.1 Å². The maximum absolute atomic E-state index is 12.3. The molecule has 1 aliphatic rings. The lowest BCUT2D eigenvalue weighted by molar-refractivity contribution is -0.00152. The van der Waals surface area contributed by atoms with E-state index in [2.05, 4.69) is 0 Å². The van der Waals surface area contributed by atoms with Crippen molar-refractivity contribution in [3.8, 4) is 17.2 Å². The van der Waals surface area contributed by atoms with Crippen LogP contribution in [0.2, 0.25) is 0 Å². The Bertz CT molecular complexity index is 892. The Morgan fingerprint density at radius 1 is 1.03 bits per heavy atom. The highest BCUT2D eigenvalue weighted by molar-refractivity contribution is 5.68. The molecule has 0 aliphatic carbocycles. The Morgan fingerprint density at radius 2 is 1.70 bits per heavy atom. The zero-order chi connectivity index (χ0) is 23.8. The molecule has 7 nitrogen and oxygen atoms in total.